The largest absolute Gasteiger partial charge is 0.412 e. The Bertz CT molecular complexity index is 290. The molecule has 1 aromatic rings. The van der Waals surface area contributed by atoms with Crippen molar-refractivity contribution in [3.63, 3.8) is 0 Å². The smallest absolute Gasteiger partial charge is 0.410 e. The Morgan fingerprint density at radius 2 is 2.00 bits per heavy atom. The molecule has 1 amide bonds. The normalized spacial score (nSPS) is 9.67. The number of benzene rings is 1. The minimum Gasteiger partial charge on any atom is -0.410 e. The summed E-state index contributed by atoms with van der Waals surface area (Å²) < 4.78 is 5.03. The summed E-state index contributed by atoms with van der Waals surface area (Å²) in [6.45, 7) is 0.650. The first kappa shape index (κ1) is 12.0. The van der Waals surface area contributed by atoms with Gasteiger partial charge in [0.05, 0.1) is 0 Å². The quantitative estimate of drug-likeness (QED) is 0.661. The van der Waals surface area contributed by atoms with Crippen molar-refractivity contribution >= 4 is 22.0 Å². The van der Waals surface area contributed by atoms with Gasteiger partial charge in [0.15, 0.2) is 0 Å². The highest BCUT2D eigenvalue weighted by Crippen LogP contribution is 2.07. The Hall–Kier alpha value is -1.03. The van der Waals surface area contributed by atoms with Crippen LogP contribution in [0.25, 0.3) is 0 Å². The van der Waals surface area contributed by atoms with Gasteiger partial charge in [0.25, 0.3) is 0 Å². The molecule has 0 saturated carbocycles. The molecule has 0 bridgehead atoms. The van der Waals surface area contributed by atoms with Gasteiger partial charge in [-0.2, -0.15) is 0 Å². The lowest BCUT2D eigenvalue weighted by Gasteiger charge is -2.05. The Kier molecular flexibility index (Phi) is 5.85. The number of alkyl halides is 1. The van der Waals surface area contributed by atoms with E-state index in [0.717, 1.165) is 18.2 Å². The van der Waals surface area contributed by atoms with Crippen molar-refractivity contribution in [2.45, 2.75) is 12.8 Å². The zero-order chi connectivity index (χ0) is 10.9. The van der Waals surface area contributed by atoms with Crippen molar-refractivity contribution in [2.24, 2.45) is 0 Å². The molecule has 0 fully saturated rings. The van der Waals surface area contributed by atoms with Crippen LogP contribution in [0.2, 0.25) is 0 Å². The molecular formula is C11H14BrNO2. The molecule has 0 aromatic heterocycles. The number of unbranched alkanes of at least 4 members (excludes halogenated alkanes) is 1. The lowest BCUT2D eigenvalue weighted by Crippen LogP contribution is -2.27. The number of rotatable bonds is 5. The second-order valence-electron chi connectivity index (χ2n) is 3.03. The van der Waals surface area contributed by atoms with Gasteiger partial charge in [-0.3, -0.25) is 0 Å². The van der Waals surface area contributed by atoms with E-state index in [-0.39, 0.29) is 0 Å². The molecule has 0 spiro atoms. The maximum atomic E-state index is 11.2. The van der Waals surface area contributed by atoms with Crippen LogP contribution in [-0.4, -0.2) is 18.0 Å². The molecule has 15 heavy (non-hydrogen) atoms. The molecule has 0 unspecified atom stereocenters. The molecule has 0 radical (unpaired) electrons. The van der Waals surface area contributed by atoms with Gasteiger partial charge < -0.3 is 10.1 Å². The third-order valence-electron chi connectivity index (χ3n) is 1.78. The minimum atomic E-state index is -0.393. The fourth-order valence-corrected chi connectivity index (χ4v) is 1.44. The van der Waals surface area contributed by atoms with Crippen LogP contribution in [0.4, 0.5) is 4.79 Å². The van der Waals surface area contributed by atoms with E-state index >= 15 is 0 Å². The van der Waals surface area contributed by atoms with Crippen molar-refractivity contribution < 1.29 is 9.53 Å². The van der Waals surface area contributed by atoms with Gasteiger partial charge in [-0.15, -0.1) is 0 Å². The highest BCUT2D eigenvalue weighted by molar-refractivity contribution is 9.09. The molecule has 3 nitrogen and oxygen atoms in total. The molecule has 4 heteroatoms. The van der Waals surface area contributed by atoms with Crippen LogP contribution < -0.4 is 10.1 Å². The zero-order valence-corrected chi connectivity index (χ0v) is 10.00. The molecule has 0 heterocycles. The predicted octanol–water partition coefficient (Wildman–Crippen LogP) is 2.95. The first-order valence-electron chi connectivity index (χ1n) is 4.89. The van der Waals surface area contributed by atoms with Crippen LogP contribution in [0.1, 0.15) is 12.8 Å². The monoisotopic (exact) mass is 271 g/mol. The Morgan fingerprint density at radius 3 is 2.67 bits per heavy atom. The lowest BCUT2D eigenvalue weighted by molar-refractivity contribution is 0.200. The van der Waals surface area contributed by atoms with Gasteiger partial charge in [-0.05, 0) is 25.0 Å². The number of ether oxygens (including phenoxy) is 1. The summed E-state index contributed by atoms with van der Waals surface area (Å²) in [6.07, 6.45) is 1.61. The van der Waals surface area contributed by atoms with E-state index in [1.54, 1.807) is 12.1 Å². The highest BCUT2D eigenvalue weighted by Gasteiger charge is 2.01. The zero-order valence-electron chi connectivity index (χ0n) is 8.41. The number of para-hydroxylation sites is 1. The standard InChI is InChI=1S/C11H14BrNO2/c12-8-4-5-9-13-11(14)15-10-6-2-1-3-7-10/h1-3,6-7H,4-5,8-9H2,(H,13,14). The van der Waals surface area contributed by atoms with Gasteiger partial charge in [0, 0.05) is 11.9 Å². The SMILES string of the molecule is O=C(NCCCCBr)Oc1ccccc1. The number of hydrogen-bond donors (Lipinski definition) is 1. The Balaban J connectivity index is 2.19. The van der Waals surface area contributed by atoms with E-state index in [1.165, 1.54) is 0 Å². The van der Waals surface area contributed by atoms with E-state index in [4.69, 9.17) is 4.74 Å². The molecule has 0 atom stereocenters. The van der Waals surface area contributed by atoms with E-state index in [0.29, 0.717) is 12.3 Å². The predicted molar refractivity (Wildman–Crippen MR) is 63.5 cm³/mol. The van der Waals surface area contributed by atoms with Crippen molar-refractivity contribution in [1.82, 2.24) is 5.32 Å². The first-order chi connectivity index (χ1) is 7.33. The van der Waals surface area contributed by atoms with Crippen LogP contribution in [-0.2, 0) is 0 Å². The molecule has 1 rings (SSSR count). The Morgan fingerprint density at radius 1 is 1.27 bits per heavy atom. The van der Waals surface area contributed by atoms with Crippen molar-refractivity contribution in [3.05, 3.63) is 30.3 Å². The van der Waals surface area contributed by atoms with Gasteiger partial charge in [0.2, 0.25) is 0 Å². The second-order valence-corrected chi connectivity index (χ2v) is 3.82. The molecule has 1 aromatic carbocycles. The molecule has 0 aliphatic heterocycles. The average Bonchev–Trinajstić information content (AvgIpc) is 2.26. The van der Waals surface area contributed by atoms with E-state index < -0.39 is 6.09 Å². The van der Waals surface area contributed by atoms with Gasteiger partial charge >= 0.3 is 6.09 Å². The van der Waals surface area contributed by atoms with Crippen molar-refractivity contribution in [1.29, 1.82) is 0 Å². The third-order valence-corrected chi connectivity index (χ3v) is 2.34. The molecule has 1 N–H and O–H groups in total. The van der Waals surface area contributed by atoms with E-state index in [1.807, 2.05) is 18.2 Å². The Labute approximate surface area is 97.9 Å². The lowest BCUT2D eigenvalue weighted by atomic mass is 10.3. The maximum absolute atomic E-state index is 11.2. The molecule has 0 aliphatic rings. The molecular weight excluding hydrogens is 258 g/mol. The fraction of sp³-hybridized carbons (Fsp3) is 0.364. The number of carbonyl (C=O) groups excluding carboxylic acids is 1. The summed E-state index contributed by atoms with van der Waals surface area (Å²) in [4.78, 5) is 11.2. The van der Waals surface area contributed by atoms with E-state index in [2.05, 4.69) is 21.2 Å². The fourth-order valence-electron chi connectivity index (χ4n) is 1.04. The van der Waals surface area contributed by atoms with Crippen LogP contribution in [0.5, 0.6) is 5.75 Å². The van der Waals surface area contributed by atoms with Crippen molar-refractivity contribution in [3.8, 4) is 5.75 Å². The topological polar surface area (TPSA) is 38.3 Å². The molecule has 0 aliphatic carbocycles. The number of amides is 1. The summed E-state index contributed by atoms with van der Waals surface area (Å²) >= 11 is 3.33. The highest BCUT2D eigenvalue weighted by atomic mass is 79.9. The van der Waals surface area contributed by atoms with Crippen molar-refractivity contribution in [2.75, 3.05) is 11.9 Å². The summed E-state index contributed by atoms with van der Waals surface area (Å²) in [5, 5.41) is 3.64. The van der Waals surface area contributed by atoms with Crippen LogP contribution in [0.3, 0.4) is 0 Å². The van der Waals surface area contributed by atoms with Crippen LogP contribution >= 0.6 is 15.9 Å². The summed E-state index contributed by atoms with van der Waals surface area (Å²) in [5.41, 5.74) is 0. The first-order valence-corrected chi connectivity index (χ1v) is 6.02. The minimum absolute atomic E-state index is 0.393. The van der Waals surface area contributed by atoms with Gasteiger partial charge in [0.1, 0.15) is 5.75 Å². The van der Waals surface area contributed by atoms with Gasteiger partial charge in [-0.1, -0.05) is 34.1 Å². The summed E-state index contributed by atoms with van der Waals surface area (Å²) in [6, 6.07) is 9.03. The third kappa shape index (κ3) is 5.42. The average molecular weight is 272 g/mol. The van der Waals surface area contributed by atoms with Gasteiger partial charge in [-0.25, -0.2) is 4.79 Å². The maximum Gasteiger partial charge on any atom is 0.412 e. The van der Waals surface area contributed by atoms with Crippen LogP contribution in [0.15, 0.2) is 30.3 Å². The number of carbonyl (C=O) groups is 1. The second kappa shape index (κ2) is 7.29. The number of halogens is 1. The summed E-state index contributed by atoms with van der Waals surface area (Å²) in [5.74, 6) is 0.565. The molecule has 0 saturated heterocycles. The summed E-state index contributed by atoms with van der Waals surface area (Å²) in [7, 11) is 0. The van der Waals surface area contributed by atoms with E-state index in [9.17, 15) is 4.79 Å². The molecule has 82 valence electrons. The number of hydrogen-bond acceptors (Lipinski definition) is 2. The number of nitrogens with one attached hydrogen (secondary N) is 1. The van der Waals surface area contributed by atoms with Crippen LogP contribution in [0, 0.1) is 0 Å².